The molecular weight excluding hydrogens is 334 g/mol. The summed E-state index contributed by atoms with van der Waals surface area (Å²) in [5.41, 5.74) is 0.633. The summed E-state index contributed by atoms with van der Waals surface area (Å²) in [7, 11) is 0. The van der Waals surface area contributed by atoms with E-state index in [1.165, 1.54) is 4.90 Å². The van der Waals surface area contributed by atoms with Crippen molar-refractivity contribution in [1.82, 2.24) is 14.8 Å². The van der Waals surface area contributed by atoms with Gasteiger partial charge in [0.2, 0.25) is 0 Å². The Morgan fingerprint density at radius 1 is 1.00 bits per heavy atom. The molecule has 0 radical (unpaired) electrons. The summed E-state index contributed by atoms with van der Waals surface area (Å²) in [4.78, 5) is 43.3. The zero-order chi connectivity index (χ0) is 18.9. The molecule has 2 aromatic rings. The van der Waals surface area contributed by atoms with Crippen LogP contribution in [0.3, 0.4) is 0 Å². The smallest absolute Gasteiger partial charge is 0.410 e. The van der Waals surface area contributed by atoms with Crippen LogP contribution in [0.2, 0.25) is 0 Å². The Kier molecular flexibility index (Phi) is 4.71. The second kappa shape index (κ2) is 6.82. The second-order valence-electron chi connectivity index (χ2n) is 7.34. The number of ether oxygens (including phenoxy) is 1. The van der Waals surface area contributed by atoms with Gasteiger partial charge in [-0.25, -0.2) is 4.79 Å². The number of aromatic nitrogens is 1. The molecule has 1 aliphatic heterocycles. The van der Waals surface area contributed by atoms with E-state index in [9.17, 15) is 14.4 Å². The van der Waals surface area contributed by atoms with Gasteiger partial charge in [0.15, 0.2) is 0 Å². The van der Waals surface area contributed by atoms with Crippen molar-refractivity contribution in [3.63, 3.8) is 0 Å². The summed E-state index contributed by atoms with van der Waals surface area (Å²) in [5.74, 6) is -1.08. The number of ketones is 1. The highest BCUT2D eigenvalue weighted by molar-refractivity contribution is 6.44. The standard InChI is InChI=1S/C19H23N3O4/c1-19(2,3)26-18(25)22-10-8-21(9-11-22)17(24)16(23)14-12-20-15-7-5-4-6-13(14)15/h4-7,12,20H,8-11H2,1-3H3. The maximum atomic E-state index is 12.6. The van der Waals surface area contributed by atoms with Crippen molar-refractivity contribution < 1.29 is 19.1 Å². The summed E-state index contributed by atoms with van der Waals surface area (Å²) in [5, 5.41) is 0.734. The normalized spacial score (nSPS) is 15.2. The molecule has 7 nitrogen and oxygen atoms in total. The number of carbonyl (C=O) groups excluding carboxylic acids is 3. The number of H-pyrrole nitrogens is 1. The van der Waals surface area contributed by atoms with Gasteiger partial charge in [-0.1, -0.05) is 18.2 Å². The molecule has 0 spiro atoms. The Balaban J connectivity index is 1.63. The molecule has 1 aromatic carbocycles. The summed E-state index contributed by atoms with van der Waals surface area (Å²) < 4.78 is 5.34. The summed E-state index contributed by atoms with van der Waals surface area (Å²) in [6.07, 6.45) is 1.18. The van der Waals surface area contributed by atoms with Crippen molar-refractivity contribution in [3.8, 4) is 0 Å². The lowest BCUT2D eigenvalue weighted by molar-refractivity contribution is -0.128. The SMILES string of the molecule is CC(C)(C)OC(=O)N1CCN(C(=O)C(=O)c2c[nH]c3ccccc23)CC1. The lowest BCUT2D eigenvalue weighted by atomic mass is 10.1. The zero-order valence-electron chi connectivity index (χ0n) is 15.2. The Morgan fingerprint density at radius 2 is 1.62 bits per heavy atom. The summed E-state index contributed by atoms with van der Waals surface area (Å²) >= 11 is 0. The molecule has 2 heterocycles. The van der Waals surface area contributed by atoms with Gasteiger partial charge < -0.3 is 19.5 Å². The highest BCUT2D eigenvalue weighted by atomic mass is 16.6. The number of hydrogen-bond donors (Lipinski definition) is 1. The first-order valence-electron chi connectivity index (χ1n) is 8.64. The van der Waals surface area contributed by atoms with E-state index in [0.29, 0.717) is 31.7 Å². The van der Waals surface area contributed by atoms with Gasteiger partial charge in [-0.3, -0.25) is 9.59 Å². The average Bonchev–Trinajstić information content (AvgIpc) is 3.03. The van der Waals surface area contributed by atoms with E-state index >= 15 is 0 Å². The minimum absolute atomic E-state index is 0.312. The van der Waals surface area contributed by atoms with E-state index < -0.39 is 23.4 Å². The molecule has 0 aliphatic carbocycles. The number of Topliss-reactive ketones (excluding diaryl/α,β-unsaturated/α-hetero) is 1. The molecule has 1 N–H and O–H groups in total. The van der Waals surface area contributed by atoms with E-state index in [1.54, 1.807) is 11.1 Å². The van der Waals surface area contributed by atoms with Crippen molar-refractivity contribution in [2.24, 2.45) is 0 Å². The maximum Gasteiger partial charge on any atom is 0.410 e. The predicted octanol–water partition coefficient (Wildman–Crippen LogP) is 2.43. The topological polar surface area (TPSA) is 82.7 Å². The van der Waals surface area contributed by atoms with Gasteiger partial charge in [0.25, 0.3) is 11.7 Å². The van der Waals surface area contributed by atoms with Crippen LogP contribution in [-0.2, 0) is 9.53 Å². The second-order valence-corrected chi connectivity index (χ2v) is 7.34. The van der Waals surface area contributed by atoms with Crippen LogP contribution in [0.1, 0.15) is 31.1 Å². The largest absolute Gasteiger partial charge is 0.444 e. The predicted molar refractivity (Wildman–Crippen MR) is 97.0 cm³/mol. The van der Waals surface area contributed by atoms with Gasteiger partial charge >= 0.3 is 6.09 Å². The third kappa shape index (κ3) is 3.71. The van der Waals surface area contributed by atoms with Crippen molar-refractivity contribution in [1.29, 1.82) is 0 Å². The third-order valence-electron chi connectivity index (χ3n) is 4.25. The maximum absolute atomic E-state index is 12.6. The van der Waals surface area contributed by atoms with Gasteiger partial charge in [-0.15, -0.1) is 0 Å². The lowest BCUT2D eigenvalue weighted by Crippen LogP contribution is -2.53. The molecule has 1 saturated heterocycles. The van der Waals surface area contributed by atoms with Crippen LogP contribution in [0.15, 0.2) is 30.5 Å². The highest BCUT2D eigenvalue weighted by Crippen LogP contribution is 2.19. The molecule has 0 saturated carbocycles. The number of aromatic amines is 1. The number of rotatable bonds is 2. The molecule has 138 valence electrons. The number of para-hydroxylation sites is 1. The Labute approximate surface area is 151 Å². The molecule has 3 rings (SSSR count). The fourth-order valence-electron chi connectivity index (χ4n) is 2.94. The van der Waals surface area contributed by atoms with Crippen molar-refractivity contribution in [2.45, 2.75) is 26.4 Å². The van der Waals surface area contributed by atoms with E-state index in [0.717, 1.165) is 10.9 Å². The highest BCUT2D eigenvalue weighted by Gasteiger charge is 2.31. The van der Waals surface area contributed by atoms with Crippen LogP contribution in [-0.4, -0.2) is 64.3 Å². The molecule has 0 atom stereocenters. The first-order chi connectivity index (χ1) is 12.3. The minimum Gasteiger partial charge on any atom is -0.444 e. The molecule has 1 fully saturated rings. The molecule has 0 bridgehead atoms. The zero-order valence-corrected chi connectivity index (χ0v) is 15.2. The van der Waals surface area contributed by atoms with Crippen LogP contribution < -0.4 is 0 Å². The molecule has 1 aliphatic rings. The Bertz CT molecular complexity index is 842. The average molecular weight is 357 g/mol. The minimum atomic E-state index is -0.560. The molecule has 26 heavy (non-hydrogen) atoms. The molecule has 1 aromatic heterocycles. The Morgan fingerprint density at radius 3 is 2.27 bits per heavy atom. The molecule has 2 amide bonds. The van der Waals surface area contributed by atoms with E-state index in [1.807, 2.05) is 45.0 Å². The van der Waals surface area contributed by atoms with Crippen LogP contribution in [0.4, 0.5) is 4.79 Å². The number of nitrogens with one attached hydrogen (secondary N) is 1. The fourth-order valence-corrected chi connectivity index (χ4v) is 2.94. The molecule has 0 unspecified atom stereocenters. The van der Waals surface area contributed by atoms with E-state index in [2.05, 4.69) is 4.98 Å². The number of piperazine rings is 1. The number of amides is 2. The van der Waals surface area contributed by atoms with Crippen LogP contribution >= 0.6 is 0 Å². The monoisotopic (exact) mass is 357 g/mol. The van der Waals surface area contributed by atoms with E-state index in [4.69, 9.17) is 4.74 Å². The number of fused-ring (bicyclic) bond motifs is 1. The number of hydrogen-bond acceptors (Lipinski definition) is 4. The fraction of sp³-hybridized carbons (Fsp3) is 0.421. The number of carbonyl (C=O) groups is 3. The van der Waals surface area contributed by atoms with Gasteiger partial charge in [0.05, 0.1) is 5.56 Å². The molecular formula is C19H23N3O4. The number of nitrogens with zero attached hydrogens (tertiary/aromatic N) is 2. The van der Waals surface area contributed by atoms with Crippen molar-refractivity contribution >= 4 is 28.7 Å². The van der Waals surface area contributed by atoms with Gasteiger partial charge in [0, 0.05) is 43.3 Å². The van der Waals surface area contributed by atoms with Crippen molar-refractivity contribution in [2.75, 3.05) is 26.2 Å². The first kappa shape index (κ1) is 18.0. The first-order valence-corrected chi connectivity index (χ1v) is 8.64. The van der Waals surface area contributed by atoms with Crippen LogP contribution in [0.25, 0.3) is 10.9 Å². The third-order valence-corrected chi connectivity index (χ3v) is 4.25. The van der Waals surface area contributed by atoms with Gasteiger partial charge in [-0.05, 0) is 26.8 Å². The lowest BCUT2D eigenvalue weighted by Gasteiger charge is -2.35. The van der Waals surface area contributed by atoms with Crippen LogP contribution in [0.5, 0.6) is 0 Å². The molecule has 7 heteroatoms. The Hall–Kier alpha value is -2.83. The van der Waals surface area contributed by atoms with Crippen molar-refractivity contribution in [3.05, 3.63) is 36.0 Å². The van der Waals surface area contributed by atoms with E-state index in [-0.39, 0.29) is 0 Å². The number of benzene rings is 1. The van der Waals surface area contributed by atoms with Gasteiger partial charge in [-0.2, -0.15) is 0 Å². The van der Waals surface area contributed by atoms with Gasteiger partial charge in [0.1, 0.15) is 5.60 Å². The quantitative estimate of drug-likeness (QED) is 0.661. The summed E-state index contributed by atoms with van der Waals surface area (Å²) in [6.45, 7) is 6.75. The summed E-state index contributed by atoms with van der Waals surface area (Å²) in [6, 6.07) is 7.37. The van der Waals surface area contributed by atoms with Crippen LogP contribution in [0, 0.1) is 0 Å².